The molecule has 0 fully saturated rings. The largest absolute Gasteiger partial charge is 0.430 e. The molecule has 0 aliphatic heterocycles. The number of anilines is 1. The highest BCUT2D eigenvalue weighted by molar-refractivity contribution is 6.08. The molecule has 0 radical (unpaired) electrons. The number of halogens is 6. The van der Waals surface area contributed by atoms with Crippen molar-refractivity contribution >= 4 is 33.3 Å². The summed E-state index contributed by atoms with van der Waals surface area (Å²) in [4.78, 5) is 25.0. The first-order chi connectivity index (χ1) is 16.3. The van der Waals surface area contributed by atoms with Crippen LogP contribution in [0.25, 0.3) is 21.7 Å². The molecular weight excluding hydrogens is 482 g/mol. The molecule has 0 spiro atoms. The van der Waals surface area contributed by atoms with Gasteiger partial charge in [-0.25, -0.2) is 0 Å². The molecule has 0 saturated heterocycles. The zero-order valence-corrected chi connectivity index (χ0v) is 18.4. The second-order valence-electron chi connectivity index (χ2n) is 8.03. The number of hydrogen-bond acceptors (Lipinski definition) is 4. The Morgan fingerprint density at radius 2 is 1.63 bits per heavy atom. The highest BCUT2D eigenvalue weighted by Gasteiger charge is 2.71. The van der Waals surface area contributed by atoms with E-state index in [4.69, 9.17) is 5.11 Å². The molecule has 0 aliphatic rings. The molecule has 35 heavy (non-hydrogen) atoms. The summed E-state index contributed by atoms with van der Waals surface area (Å²) in [7, 11) is 0. The summed E-state index contributed by atoms with van der Waals surface area (Å²) in [5.41, 5.74) is -6.91. The van der Waals surface area contributed by atoms with Crippen LogP contribution in [0.1, 0.15) is 31.7 Å². The van der Waals surface area contributed by atoms with E-state index in [0.717, 1.165) is 6.07 Å². The van der Waals surface area contributed by atoms with Crippen LogP contribution in [0.2, 0.25) is 0 Å². The Hall–Kier alpha value is -3.12. The van der Waals surface area contributed by atoms with Crippen LogP contribution in [-0.4, -0.2) is 39.6 Å². The Labute approximate surface area is 194 Å². The summed E-state index contributed by atoms with van der Waals surface area (Å²) in [6.07, 6.45) is -11.2. The summed E-state index contributed by atoms with van der Waals surface area (Å²) in [6.45, 7) is 1.57. The molecule has 6 nitrogen and oxygen atoms in total. The third-order valence-electron chi connectivity index (χ3n) is 5.67. The lowest BCUT2D eigenvalue weighted by atomic mass is 9.90. The topological polar surface area (TPSA) is 91.6 Å². The smallest absolute Gasteiger partial charge is 0.396 e. The molecule has 1 heterocycles. The number of nitrogens with one attached hydrogen (secondary N) is 1. The second kappa shape index (κ2) is 9.50. The number of fused-ring (bicyclic) bond motifs is 3. The number of amides is 1. The quantitative estimate of drug-likeness (QED) is 0.324. The average molecular weight is 504 g/mol. The lowest BCUT2D eigenvalue weighted by Crippen LogP contribution is -2.53. The number of aliphatic hydroxyl groups excluding tert-OH is 1. The molecule has 1 aromatic heterocycles. The van der Waals surface area contributed by atoms with Crippen molar-refractivity contribution in [1.29, 1.82) is 0 Å². The van der Waals surface area contributed by atoms with Crippen LogP contribution in [0, 0.1) is 0 Å². The Morgan fingerprint density at radius 1 is 0.971 bits per heavy atom. The van der Waals surface area contributed by atoms with Crippen LogP contribution in [0.15, 0.2) is 41.2 Å². The summed E-state index contributed by atoms with van der Waals surface area (Å²) >= 11 is 0. The van der Waals surface area contributed by atoms with Crippen molar-refractivity contribution in [1.82, 2.24) is 4.57 Å². The third-order valence-corrected chi connectivity index (χ3v) is 5.67. The van der Waals surface area contributed by atoms with E-state index in [2.05, 4.69) is 5.32 Å². The van der Waals surface area contributed by atoms with Crippen molar-refractivity contribution < 1.29 is 41.4 Å². The van der Waals surface area contributed by atoms with E-state index in [1.54, 1.807) is 0 Å². The molecule has 0 saturated carbocycles. The van der Waals surface area contributed by atoms with Crippen molar-refractivity contribution in [3.63, 3.8) is 0 Å². The molecule has 3 N–H and O–H groups in total. The minimum atomic E-state index is -6.07. The zero-order valence-electron chi connectivity index (χ0n) is 18.4. The summed E-state index contributed by atoms with van der Waals surface area (Å²) < 4.78 is 82.2. The lowest BCUT2D eigenvalue weighted by molar-refractivity contribution is -0.376. The molecule has 12 heteroatoms. The molecule has 0 bridgehead atoms. The predicted octanol–water partition coefficient (Wildman–Crippen LogP) is 4.59. The number of aromatic nitrogens is 1. The fraction of sp³-hybridized carbons (Fsp3) is 0.391. The fourth-order valence-electron chi connectivity index (χ4n) is 3.85. The molecule has 2 aromatic carbocycles. The number of rotatable bonds is 7. The number of nitrogens with zero attached hydrogens (tertiary/aromatic N) is 1. The van der Waals surface area contributed by atoms with Crippen LogP contribution in [0.4, 0.5) is 32.0 Å². The van der Waals surface area contributed by atoms with Crippen LogP contribution in [0.5, 0.6) is 0 Å². The van der Waals surface area contributed by atoms with Crippen LogP contribution in [-0.2, 0) is 16.9 Å². The van der Waals surface area contributed by atoms with Crippen molar-refractivity contribution in [2.75, 3.05) is 11.9 Å². The minimum Gasteiger partial charge on any atom is -0.396 e. The molecule has 0 unspecified atom stereocenters. The highest BCUT2D eigenvalue weighted by Crippen LogP contribution is 2.50. The van der Waals surface area contributed by atoms with Crippen LogP contribution in [0.3, 0.4) is 0 Å². The van der Waals surface area contributed by atoms with Gasteiger partial charge in [0.15, 0.2) is 0 Å². The Morgan fingerprint density at radius 3 is 2.20 bits per heavy atom. The van der Waals surface area contributed by atoms with Crippen LogP contribution >= 0.6 is 0 Å². The number of carbonyl (C=O) groups excluding carboxylic acids is 1. The number of alkyl halides is 6. The van der Waals surface area contributed by atoms with Crippen molar-refractivity contribution in [2.24, 2.45) is 0 Å². The van der Waals surface area contributed by atoms with Gasteiger partial charge < -0.3 is 20.1 Å². The van der Waals surface area contributed by atoms with E-state index in [1.165, 1.54) is 22.8 Å². The number of unbranched alkanes of at least 4 members (excludes halogenated alkanes) is 1. The number of carbonyl (C=O) groups is 1. The third kappa shape index (κ3) is 4.72. The number of benzene rings is 2. The van der Waals surface area contributed by atoms with E-state index < -0.39 is 41.6 Å². The van der Waals surface area contributed by atoms with E-state index in [0.29, 0.717) is 25.0 Å². The van der Waals surface area contributed by atoms with Gasteiger partial charge in [-0.1, -0.05) is 19.4 Å². The average Bonchev–Trinajstić information content (AvgIpc) is 2.76. The zero-order chi connectivity index (χ0) is 26.2. The Bertz CT molecular complexity index is 1300. The maximum absolute atomic E-state index is 13.5. The van der Waals surface area contributed by atoms with E-state index in [9.17, 15) is 41.0 Å². The van der Waals surface area contributed by atoms with Gasteiger partial charge in [-0.2, -0.15) is 26.3 Å². The Balaban J connectivity index is 2.39. The number of hydrogen-bond donors (Lipinski definition) is 3. The van der Waals surface area contributed by atoms with Crippen molar-refractivity contribution in [3.8, 4) is 0 Å². The number of aryl methyl sites for hydroxylation is 1. The molecule has 3 aromatic rings. The maximum atomic E-state index is 13.5. The monoisotopic (exact) mass is 504 g/mol. The van der Waals surface area contributed by atoms with E-state index in [-0.39, 0.29) is 40.3 Å². The summed E-state index contributed by atoms with van der Waals surface area (Å²) in [5, 5.41) is 21.1. The standard InChI is InChI=1S/C23H22F6N2O4/c1-2-3-9-31-18-7-4-13(21(35,22(24,25)26)23(27,28)29)11-17(18)16-12-14(30-19(33)8-10-32)5-6-15(16)20(31)34/h4-7,11-12,32,35H,2-3,8-10H2,1H3,(H,30,33). The minimum absolute atomic E-state index is 0.00639. The van der Waals surface area contributed by atoms with E-state index >= 15 is 0 Å². The first-order valence-electron chi connectivity index (χ1n) is 10.6. The molecule has 1 amide bonds. The second-order valence-corrected chi connectivity index (χ2v) is 8.03. The molecule has 0 atom stereocenters. The van der Waals surface area contributed by atoms with Gasteiger partial charge in [-0.05, 0) is 42.1 Å². The van der Waals surface area contributed by atoms with Gasteiger partial charge in [0, 0.05) is 28.6 Å². The predicted molar refractivity (Wildman–Crippen MR) is 117 cm³/mol. The van der Waals surface area contributed by atoms with Crippen molar-refractivity contribution in [3.05, 3.63) is 52.3 Å². The van der Waals surface area contributed by atoms with Gasteiger partial charge in [-0.15, -0.1) is 0 Å². The van der Waals surface area contributed by atoms with Gasteiger partial charge in [-0.3, -0.25) is 9.59 Å². The summed E-state index contributed by atoms with van der Waals surface area (Å²) in [5.74, 6) is -0.586. The van der Waals surface area contributed by atoms with Gasteiger partial charge in [0.1, 0.15) is 0 Å². The number of pyridine rings is 1. The van der Waals surface area contributed by atoms with Crippen molar-refractivity contribution in [2.45, 2.75) is 50.7 Å². The first kappa shape index (κ1) is 26.5. The maximum Gasteiger partial charge on any atom is 0.430 e. The Kier molecular flexibility index (Phi) is 7.19. The van der Waals surface area contributed by atoms with Gasteiger partial charge in [0.2, 0.25) is 5.91 Å². The molecule has 0 aliphatic carbocycles. The van der Waals surface area contributed by atoms with Gasteiger partial charge in [0.05, 0.1) is 18.5 Å². The fourth-order valence-corrected chi connectivity index (χ4v) is 3.85. The van der Waals surface area contributed by atoms with Crippen LogP contribution < -0.4 is 10.9 Å². The van der Waals surface area contributed by atoms with Gasteiger partial charge in [0.25, 0.3) is 11.2 Å². The SMILES string of the molecule is CCCCn1c(=O)c2ccc(NC(=O)CCO)cc2c2cc(C(O)(C(F)(F)F)C(F)(F)F)ccc21. The number of aliphatic hydroxyl groups is 2. The summed E-state index contributed by atoms with van der Waals surface area (Å²) in [6, 6.07) is 5.94. The van der Waals surface area contributed by atoms with E-state index in [1.807, 2.05) is 6.92 Å². The molecule has 190 valence electrons. The molecular formula is C23H22F6N2O4. The molecule has 3 rings (SSSR count). The normalized spacial score (nSPS) is 12.9. The highest BCUT2D eigenvalue weighted by atomic mass is 19.4. The van der Waals surface area contributed by atoms with Gasteiger partial charge >= 0.3 is 12.4 Å². The first-order valence-corrected chi connectivity index (χ1v) is 10.6. The lowest BCUT2D eigenvalue weighted by Gasteiger charge is -2.33.